The van der Waals surface area contributed by atoms with Gasteiger partial charge in [0.1, 0.15) is 9.96 Å². The summed E-state index contributed by atoms with van der Waals surface area (Å²) in [5.41, 5.74) is 1.21. The van der Waals surface area contributed by atoms with Gasteiger partial charge in [0, 0.05) is 11.8 Å². The molecule has 3 aromatic rings. The van der Waals surface area contributed by atoms with Crippen molar-refractivity contribution in [3.8, 4) is 16.4 Å². The minimum atomic E-state index is -3.65. The van der Waals surface area contributed by atoms with E-state index < -0.39 is 10.0 Å². The molecule has 0 spiro atoms. The lowest BCUT2D eigenvalue weighted by atomic mass is 10.3. The van der Waals surface area contributed by atoms with E-state index in [9.17, 15) is 8.42 Å². The summed E-state index contributed by atoms with van der Waals surface area (Å²) < 4.78 is 37.8. The first-order valence-corrected chi connectivity index (χ1v) is 8.98. The van der Waals surface area contributed by atoms with Crippen molar-refractivity contribution in [1.29, 1.82) is 0 Å². The Hall–Kier alpha value is -2.32. The zero-order chi connectivity index (χ0) is 16.4. The van der Waals surface area contributed by atoms with Crippen molar-refractivity contribution in [3.05, 3.63) is 48.2 Å². The van der Waals surface area contributed by atoms with Crippen LogP contribution in [0.15, 0.2) is 51.2 Å². The average Bonchev–Trinajstić information content (AvgIpc) is 3.16. The van der Waals surface area contributed by atoms with Crippen LogP contribution in [0.1, 0.15) is 5.69 Å². The van der Waals surface area contributed by atoms with Gasteiger partial charge in [-0.15, -0.1) is 11.3 Å². The second kappa shape index (κ2) is 6.05. The Kier molecular flexibility index (Phi) is 4.10. The number of hydrogen-bond donors (Lipinski definition) is 1. The molecule has 120 valence electrons. The number of thiophene rings is 1. The van der Waals surface area contributed by atoms with Crippen molar-refractivity contribution in [2.75, 3.05) is 11.8 Å². The maximum absolute atomic E-state index is 12.4. The second-order valence-corrected chi connectivity index (χ2v) is 7.78. The Balaban J connectivity index is 1.83. The number of sulfonamides is 1. The fraction of sp³-hybridized carbons (Fsp3) is 0.133. The van der Waals surface area contributed by atoms with Crippen LogP contribution < -0.4 is 9.46 Å². The van der Waals surface area contributed by atoms with Crippen LogP contribution in [-0.2, 0) is 10.0 Å². The summed E-state index contributed by atoms with van der Waals surface area (Å²) in [5.74, 6) is 1.21. The highest BCUT2D eigenvalue weighted by molar-refractivity contribution is 7.94. The number of anilines is 1. The summed E-state index contributed by atoms with van der Waals surface area (Å²) in [4.78, 5) is 0.709. The average molecular weight is 350 g/mol. The van der Waals surface area contributed by atoms with E-state index in [2.05, 4.69) is 9.88 Å². The van der Waals surface area contributed by atoms with Crippen LogP contribution in [-0.4, -0.2) is 20.7 Å². The standard InChI is InChI=1S/C15H14N2O4S2/c1-10-9-13(21-16-10)14-7-8-15(22-14)23(18,19)17-11-3-5-12(20-2)6-4-11/h3-9,17H,1-2H3. The monoisotopic (exact) mass is 350 g/mol. The first kappa shape index (κ1) is 15.6. The van der Waals surface area contributed by atoms with E-state index in [1.165, 1.54) is 0 Å². The van der Waals surface area contributed by atoms with Crippen molar-refractivity contribution < 1.29 is 17.7 Å². The number of rotatable bonds is 5. The van der Waals surface area contributed by atoms with Crippen LogP contribution in [0.3, 0.4) is 0 Å². The molecule has 8 heteroatoms. The topological polar surface area (TPSA) is 81.4 Å². The first-order valence-electron chi connectivity index (χ1n) is 6.68. The molecular weight excluding hydrogens is 336 g/mol. The van der Waals surface area contributed by atoms with Crippen molar-refractivity contribution in [1.82, 2.24) is 5.16 Å². The minimum Gasteiger partial charge on any atom is -0.497 e. The molecule has 1 N–H and O–H groups in total. The van der Waals surface area contributed by atoms with Crippen LogP contribution in [0.5, 0.6) is 5.75 Å². The largest absolute Gasteiger partial charge is 0.497 e. The summed E-state index contributed by atoms with van der Waals surface area (Å²) in [6.45, 7) is 1.81. The van der Waals surface area contributed by atoms with Crippen LogP contribution in [0.4, 0.5) is 5.69 Å². The molecule has 0 atom stereocenters. The third kappa shape index (κ3) is 3.38. The minimum absolute atomic E-state index is 0.206. The number of hydrogen-bond acceptors (Lipinski definition) is 6. The number of nitrogens with zero attached hydrogens (tertiary/aromatic N) is 1. The van der Waals surface area contributed by atoms with Gasteiger partial charge in [-0.25, -0.2) is 8.42 Å². The molecule has 0 aliphatic heterocycles. The Morgan fingerprint density at radius 3 is 2.52 bits per heavy atom. The molecule has 1 aromatic carbocycles. The lowest BCUT2D eigenvalue weighted by molar-refractivity contribution is 0.415. The Bertz CT molecular complexity index is 911. The number of aryl methyl sites for hydroxylation is 1. The molecule has 2 aromatic heterocycles. The highest BCUT2D eigenvalue weighted by atomic mass is 32.2. The van der Waals surface area contributed by atoms with Crippen LogP contribution >= 0.6 is 11.3 Å². The highest BCUT2D eigenvalue weighted by Gasteiger charge is 2.19. The molecular formula is C15H14N2O4S2. The first-order chi connectivity index (χ1) is 11.0. The summed E-state index contributed by atoms with van der Waals surface area (Å²) in [6.07, 6.45) is 0. The number of methoxy groups -OCH3 is 1. The number of nitrogens with one attached hydrogen (secondary N) is 1. The van der Waals surface area contributed by atoms with Gasteiger partial charge < -0.3 is 9.26 Å². The van der Waals surface area contributed by atoms with Crippen LogP contribution in [0.25, 0.3) is 10.6 Å². The maximum atomic E-state index is 12.4. The van der Waals surface area contributed by atoms with Gasteiger partial charge in [0.25, 0.3) is 10.0 Å². The quantitative estimate of drug-likeness (QED) is 0.761. The van der Waals surface area contributed by atoms with Gasteiger partial charge in [0.2, 0.25) is 0 Å². The number of ether oxygens (including phenoxy) is 1. The maximum Gasteiger partial charge on any atom is 0.271 e. The summed E-state index contributed by atoms with van der Waals surface area (Å²) in [5, 5.41) is 3.80. The fourth-order valence-corrected chi connectivity index (χ4v) is 4.25. The third-order valence-corrected chi connectivity index (χ3v) is 6.03. The van der Waals surface area contributed by atoms with Gasteiger partial charge in [-0.2, -0.15) is 0 Å². The van der Waals surface area contributed by atoms with Crippen molar-refractivity contribution >= 4 is 27.0 Å². The van der Waals surface area contributed by atoms with E-state index in [1.54, 1.807) is 49.6 Å². The van der Waals surface area contributed by atoms with E-state index in [1.807, 2.05) is 6.92 Å². The molecule has 0 bridgehead atoms. The van der Waals surface area contributed by atoms with Crippen molar-refractivity contribution in [2.45, 2.75) is 11.1 Å². The van der Waals surface area contributed by atoms with Crippen LogP contribution in [0, 0.1) is 6.92 Å². The predicted octanol–water partition coefficient (Wildman–Crippen LogP) is 3.52. The van der Waals surface area contributed by atoms with E-state index in [-0.39, 0.29) is 4.21 Å². The van der Waals surface area contributed by atoms with E-state index in [4.69, 9.17) is 9.26 Å². The molecule has 6 nitrogen and oxygen atoms in total. The third-order valence-electron chi connectivity index (χ3n) is 3.06. The lowest BCUT2D eigenvalue weighted by Gasteiger charge is -2.06. The molecule has 2 heterocycles. The molecule has 0 unspecified atom stereocenters. The number of aromatic nitrogens is 1. The summed E-state index contributed by atoms with van der Waals surface area (Å²) >= 11 is 1.12. The summed E-state index contributed by atoms with van der Waals surface area (Å²) in [7, 11) is -2.09. The normalized spacial score (nSPS) is 11.4. The molecule has 0 aliphatic rings. The van der Waals surface area contributed by atoms with Gasteiger partial charge in [-0.05, 0) is 43.3 Å². The van der Waals surface area contributed by atoms with Gasteiger partial charge >= 0.3 is 0 Å². The number of benzene rings is 1. The fourth-order valence-electron chi connectivity index (χ4n) is 1.94. The van der Waals surface area contributed by atoms with Gasteiger partial charge in [0.15, 0.2) is 5.76 Å². The smallest absolute Gasteiger partial charge is 0.271 e. The molecule has 0 saturated carbocycles. The molecule has 0 amide bonds. The Morgan fingerprint density at radius 2 is 1.91 bits per heavy atom. The molecule has 0 radical (unpaired) electrons. The second-order valence-electron chi connectivity index (χ2n) is 4.79. The lowest BCUT2D eigenvalue weighted by Crippen LogP contribution is -2.11. The SMILES string of the molecule is COc1ccc(NS(=O)(=O)c2ccc(-c3cc(C)no3)s2)cc1. The Morgan fingerprint density at radius 1 is 1.17 bits per heavy atom. The molecule has 0 fully saturated rings. The van der Waals surface area contributed by atoms with Crippen molar-refractivity contribution in [2.24, 2.45) is 0 Å². The molecule has 23 heavy (non-hydrogen) atoms. The molecule has 0 aliphatic carbocycles. The molecule has 3 rings (SSSR count). The predicted molar refractivity (Wildman–Crippen MR) is 88.4 cm³/mol. The van der Waals surface area contributed by atoms with E-state index in [0.29, 0.717) is 22.1 Å². The highest BCUT2D eigenvalue weighted by Crippen LogP contribution is 2.32. The zero-order valence-corrected chi connectivity index (χ0v) is 14.1. The zero-order valence-electron chi connectivity index (χ0n) is 12.4. The van der Waals surface area contributed by atoms with Gasteiger partial charge in [-0.1, -0.05) is 5.16 Å². The van der Waals surface area contributed by atoms with Crippen LogP contribution in [0.2, 0.25) is 0 Å². The van der Waals surface area contributed by atoms with Gasteiger partial charge in [-0.3, -0.25) is 4.72 Å². The van der Waals surface area contributed by atoms with E-state index >= 15 is 0 Å². The molecule has 0 saturated heterocycles. The van der Waals surface area contributed by atoms with E-state index in [0.717, 1.165) is 17.0 Å². The van der Waals surface area contributed by atoms with Crippen molar-refractivity contribution in [3.63, 3.8) is 0 Å². The van der Waals surface area contributed by atoms with Gasteiger partial charge in [0.05, 0.1) is 17.7 Å². The summed E-state index contributed by atoms with van der Waals surface area (Å²) in [6, 6.07) is 11.7. The Labute approximate surface area is 137 Å².